The highest BCUT2D eigenvalue weighted by molar-refractivity contribution is 7.05. The maximum absolute atomic E-state index is 10.5. The van der Waals surface area contributed by atoms with Gasteiger partial charge in [0.15, 0.2) is 0 Å². The number of anilines is 6. The molecule has 0 unspecified atom stereocenters. The summed E-state index contributed by atoms with van der Waals surface area (Å²) in [6.07, 6.45) is 0. The molecule has 0 saturated heterocycles. The largest absolute Gasteiger partial charge is 0.459 e. The predicted molar refractivity (Wildman–Crippen MR) is 436 cm³/mol. The Hall–Kier alpha value is -12.5. The summed E-state index contributed by atoms with van der Waals surface area (Å²) in [6.45, 7) is 2.15. The first kappa shape index (κ1) is 40.1. The summed E-state index contributed by atoms with van der Waals surface area (Å²) in [5, 5.41) is 0.347. The van der Waals surface area contributed by atoms with Gasteiger partial charge in [0.1, 0.15) is 23.0 Å². The van der Waals surface area contributed by atoms with Crippen molar-refractivity contribution in [3.63, 3.8) is 0 Å². The van der Waals surface area contributed by atoms with Crippen molar-refractivity contribution in [2.75, 3.05) is 9.80 Å². The monoisotopic (exact) mass is 1350 g/mol. The van der Waals surface area contributed by atoms with Crippen molar-refractivity contribution in [2.45, 2.75) is 19.6 Å². The number of nitrogens with zero attached hydrogens (tertiary/aromatic N) is 4. The lowest BCUT2D eigenvalue weighted by Gasteiger charge is -2.49. The molecule has 0 aliphatic carbocycles. The zero-order valence-corrected chi connectivity index (χ0v) is 56.2. The zero-order chi connectivity index (χ0) is 86.8. The molecule has 17 aromatic rings. The van der Waals surface area contributed by atoms with E-state index in [2.05, 4.69) is 41.6 Å². The third kappa shape index (κ3) is 7.74. The molecule has 8 heterocycles. The van der Waals surface area contributed by atoms with Crippen LogP contribution in [0.2, 0.25) is 19.6 Å². The van der Waals surface area contributed by atoms with Crippen molar-refractivity contribution >= 4 is 160 Å². The topological polar surface area (TPSA) is 34.8 Å². The highest BCUT2D eigenvalue weighted by atomic mass is 28.3. The number of para-hydroxylation sites is 8. The van der Waals surface area contributed by atoms with Crippen LogP contribution in [-0.2, 0) is 0 Å². The molecule has 6 aliphatic rings. The zero-order valence-electron chi connectivity index (χ0n) is 77.2. The summed E-state index contributed by atoms with van der Waals surface area (Å²) in [4.78, 5) is 4.35. The highest BCUT2D eigenvalue weighted by Crippen LogP contribution is 2.56. The standard InChI is InChI=1S/C93H61B3N4O2Si/c1-103(2,3)60-52-75-83-76(53-60)100(89-63(58-32-12-6-13-33-58)40-25-41-64(89)59-34-14-7-15-35-59)80-55-78-85-93(102-82-51-23-19-45-70(82)95(85)72-47-27-43-68-66-37-17-21-49-74(66)98(78)91(68)72)87(80)96(83)86-79(99(75)88-61(56-28-8-4-9-29-56)38-24-39-62(88)57-30-10-5-11-31-57)54-77-84-92(86)101-81-50-22-18-44-69(81)94(84)71-46-26-42-67-65-36-16-20-48-73(65)97(77)90(67)71/h4-55H,1-3H3/i16D,17D,18D,19D,20D,21D,22D,23D,26D,27D,36D,37D,42D,43D,44D,45D,46D,47D,48D,49D,50D,51D. The number of fused-ring (bicyclic) bond motifs is 20. The molecule has 0 atom stereocenters. The molecule has 0 saturated carbocycles. The number of ether oxygens (including phenoxy) is 2. The van der Waals surface area contributed by atoms with E-state index in [4.69, 9.17) is 9.47 Å². The summed E-state index contributed by atoms with van der Waals surface area (Å²) in [5.74, 6) is -0.964. The van der Waals surface area contributed by atoms with Crippen LogP contribution in [0.5, 0.6) is 23.0 Å². The van der Waals surface area contributed by atoms with Crippen molar-refractivity contribution in [3.05, 3.63) is 315 Å². The van der Waals surface area contributed by atoms with Gasteiger partial charge in [0.25, 0.3) is 20.1 Å². The second-order valence-corrected chi connectivity index (χ2v) is 33.1. The van der Waals surface area contributed by atoms with Gasteiger partial charge in [-0.15, -0.1) is 0 Å². The molecular formula is C93H61B3N4O2Si. The van der Waals surface area contributed by atoms with E-state index in [9.17, 15) is 30.2 Å². The molecule has 2 aromatic heterocycles. The van der Waals surface area contributed by atoms with E-state index < -0.39 is 161 Å². The van der Waals surface area contributed by atoms with Crippen molar-refractivity contribution in [2.24, 2.45) is 0 Å². The summed E-state index contributed by atoms with van der Waals surface area (Å²) in [5.41, 5.74) is 9.31. The predicted octanol–water partition coefficient (Wildman–Crippen LogP) is 17.0. The summed E-state index contributed by atoms with van der Waals surface area (Å²) in [7, 11) is -2.86. The molecule has 478 valence electrons. The molecule has 10 heteroatoms. The van der Waals surface area contributed by atoms with E-state index >= 15 is 0 Å². The van der Waals surface area contributed by atoms with Crippen molar-refractivity contribution in [1.82, 2.24) is 9.13 Å². The average Bonchev–Trinajstić information content (AvgIpc) is 1.65. The van der Waals surface area contributed by atoms with Gasteiger partial charge in [-0.2, -0.15) is 0 Å². The van der Waals surface area contributed by atoms with Gasteiger partial charge in [-0.1, -0.05) is 291 Å². The molecule has 15 aromatic carbocycles. The summed E-state index contributed by atoms with van der Waals surface area (Å²) < 4.78 is 237. The maximum atomic E-state index is 10.5. The van der Waals surface area contributed by atoms with E-state index in [1.807, 2.05) is 170 Å². The Morgan fingerprint density at radius 2 is 0.650 bits per heavy atom. The van der Waals surface area contributed by atoms with Gasteiger partial charge in [0.05, 0.1) is 60.6 Å². The quantitative estimate of drug-likeness (QED) is 0.149. The Bertz CT molecular complexity index is 7410. The molecular weight excluding hydrogens is 1270 g/mol. The van der Waals surface area contributed by atoms with E-state index in [0.29, 0.717) is 50.5 Å². The fourth-order valence-corrected chi connectivity index (χ4v) is 18.8. The van der Waals surface area contributed by atoms with Gasteiger partial charge in [-0.25, -0.2) is 0 Å². The minimum Gasteiger partial charge on any atom is -0.459 e. The second kappa shape index (κ2) is 21.1. The average molecular weight is 1350 g/mol. The van der Waals surface area contributed by atoms with Crippen LogP contribution in [0, 0.1) is 0 Å². The fourth-order valence-electron chi connectivity index (χ4n) is 17.6. The molecule has 6 nitrogen and oxygen atoms in total. The van der Waals surface area contributed by atoms with Gasteiger partial charge in [-0.05, 0) is 120 Å². The van der Waals surface area contributed by atoms with Crippen LogP contribution in [0.3, 0.4) is 0 Å². The highest BCUT2D eigenvalue weighted by Gasteiger charge is 2.55. The van der Waals surface area contributed by atoms with Gasteiger partial charge in [0.2, 0.25) is 0 Å². The first-order chi connectivity index (χ1) is 60.0. The summed E-state index contributed by atoms with van der Waals surface area (Å²) in [6, 6.07) is 46.0. The number of aromatic nitrogens is 2. The molecule has 0 amide bonds. The first-order valence-corrected chi connectivity index (χ1v) is 37.8. The van der Waals surface area contributed by atoms with Crippen molar-refractivity contribution in [1.29, 1.82) is 0 Å². The van der Waals surface area contributed by atoms with Gasteiger partial charge in [0, 0.05) is 89.0 Å². The molecule has 0 spiro atoms. The molecule has 6 aliphatic heterocycles. The number of hydrogen-bond donors (Lipinski definition) is 0. The smallest absolute Gasteiger partial charge is 0.261 e. The molecule has 23 rings (SSSR count). The fraction of sp³-hybridized carbons (Fsp3) is 0.0323. The Morgan fingerprint density at radius 1 is 0.311 bits per heavy atom. The maximum Gasteiger partial charge on any atom is 0.261 e. The SMILES string of the molecule is [2H]c1c([2H])c([2H])c2c(c1[2H])Oc1c3c(cc4c1B2c1c([2H])c([2H])c([2H])c2c5c([2H])c([2H])c([2H])c([2H])c5n-4c12)N(c1c(-c2ccccc2)cccc1-c1ccccc1)c1cc([Si](C)(C)C)cc2c1B3c1c(cc3c4c1Oc1c([2H])c([2H])c([2H])c([2H])c1B4c1c([2H])c([2H])c([2H])c4c5c([2H])c([2H])c([2H])c([2H])c5n-3c14)N2c1c(-c2ccccc2)cccc1-c1ccccc1. The van der Waals surface area contributed by atoms with E-state index in [0.717, 1.165) is 27.4 Å². The van der Waals surface area contributed by atoms with Crippen molar-refractivity contribution in [3.8, 4) is 78.9 Å². The molecule has 0 N–H and O–H groups in total. The van der Waals surface area contributed by atoms with Gasteiger partial charge < -0.3 is 28.4 Å². The van der Waals surface area contributed by atoms with E-state index in [1.165, 1.54) is 0 Å². The third-order valence-corrected chi connectivity index (χ3v) is 23.8. The lowest BCUT2D eigenvalue weighted by molar-refractivity contribution is 0.490. The third-order valence-electron chi connectivity index (χ3n) is 21.8. The lowest BCUT2D eigenvalue weighted by atomic mass is 9.28. The van der Waals surface area contributed by atoms with Crippen LogP contribution in [-0.4, -0.2) is 37.3 Å². The Balaban J connectivity index is 1.01. The Morgan fingerprint density at radius 3 is 1.05 bits per heavy atom. The normalized spacial score (nSPS) is 16.6. The van der Waals surface area contributed by atoms with Crippen LogP contribution >= 0.6 is 0 Å². The van der Waals surface area contributed by atoms with Crippen molar-refractivity contribution < 1.29 is 39.6 Å². The van der Waals surface area contributed by atoms with Crippen LogP contribution < -0.4 is 73.6 Å². The first-order valence-electron chi connectivity index (χ1n) is 45.3. The van der Waals surface area contributed by atoms with Gasteiger partial charge in [-0.3, -0.25) is 0 Å². The van der Waals surface area contributed by atoms with E-state index in [1.54, 1.807) is 9.13 Å². The molecule has 0 fully saturated rings. The number of benzene rings is 15. The van der Waals surface area contributed by atoms with Gasteiger partial charge >= 0.3 is 0 Å². The Kier molecular flexibility index (Phi) is 8.19. The van der Waals surface area contributed by atoms with Crippen LogP contribution in [0.4, 0.5) is 34.1 Å². The number of rotatable bonds is 7. The van der Waals surface area contributed by atoms with Crippen LogP contribution in [0.15, 0.2) is 315 Å². The minimum atomic E-state index is -2.86. The lowest BCUT2D eigenvalue weighted by Crippen LogP contribution is -2.67. The molecule has 103 heavy (non-hydrogen) atoms. The molecule has 0 radical (unpaired) electrons. The van der Waals surface area contributed by atoms with Crippen LogP contribution in [0.25, 0.3) is 99.5 Å². The van der Waals surface area contributed by atoms with Crippen LogP contribution in [0.1, 0.15) is 30.2 Å². The number of hydrogen-bond acceptors (Lipinski definition) is 4. The Labute approximate surface area is 629 Å². The molecule has 0 bridgehead atoms. The second-order valence-electron chi connectivity index (χ2n) is 28.0. The summed E-state index contributed by atoms with van der Waals surface area (Å²) >= 11 is 0. The van der Waals surface area contributed by atoms with E-state index in [-0.39, 0.29) is 133 Å². The minimum absolute atomic E-state index is 0.00462.